The van der Waals surface area contributed by atoms with Crippen molar-refractivity contribution in [2.75, 3.05) is 0 Å². The average molecular weight is 236 g/mol. The van der Waals surface area contributed by atoms with Gasteiger partial charge < -0.3 is 4.74 Å². The van der Waals surface area contributed by atoms with Crippen molar-refractivity contribution in [1.29, 1.82) is 0 Å². The quantitative estimate of drug-likeness (QED) is 0.459. The molecule has 3 atom stereocenters. The second-order valence-corrected chi connectivity index (χ2v) is 5.96. The highest BCUT2D eigenvalue weighted by Gasteiger charge is 2.48. The van der Waals surface area contributed by atoms with Crippen LogP contribution < -0.4 is 0 Å². The summed E-state index contributed by atoms with van der Waals surface area (Å²) in [6.07, 6.45) is 13.2. The molecule has 1 saturated heterocycles. The van der Waals surface area contributed by atoms with E-state index < -0.39 is 0 Å². The summed E-state index contributed by atoms with van der Waals surface area (Å²) in [5.74, 6) is 0.610. The molecule has 1 nitrogen and oxygen atoms in total. The summed E-state index contributed by atoms with van der Waals surface area (Å²) in [5.41, 5.74) is 0.353. The van der Waals surface area contributed by atoms with E-state index >= 15 is 0 Å². The fourth-order valence-electron chi connectivity index (χ4n) is 2.61. The Morgan fingerprint density at radius 2 is 2.00 bits per heavy atom. The number of hydrogen-bond donors (Lipinski definition) is 0. The zero-order valence-electron chi connectivity index (χ0n) is 12.1. The summed E-state index contributed by atoms with van der Waals surface area (Å²) in [6, 6.07) is 0. The number of rotatable bonds is 7. The fraction of sp³-hybridized carbons (Fsp3) is 0.750. The predicted octanol–water partition coefficient (Wildman–Crippen LogP) is 4.74. The number of allylic oxidation sites excluding steroid dienone is 4. The van der Waals surface area contributed by atoms with Gasteiger partial charge in [0, 0.05) is 0 Å². The van der Waals surface area contributed by atoms with Gasteiger partial charge in [0.2, 0.25) is 0 Å². The Balaban J connectivity index is 2.32. The zero-order chi connectivity index (χ0) is 12.9. The third kappa shape index (κ3) is 4.67. The monoisotopic (exact) mass is 236 g/mol. The largest absolute Gasteiger partial charge is 0.369 e. The van der Waals surface area contributed by atoms with Crippen LogP contribution in [-0.4, -0.2) is 12.2 Å². The standard InChI is InChI=1S/C16H28O/c1-6-8-9-10-13(3)12-14-15(17-14)16(4,5)11-7-2/h6,8-10,13-15H,7,11-12H2,1-5H3/b8-6-,10-9+. The van der Waals surface area contributed by atoms with Crippen LogP contribution in [0.15, 0.2) is 24.3 Å². The van der Waals surface area contributed by atoms with Gasteiger partial charge in [-0.3, -0.25) is 0 Å². The highest BCUT2D eigenvalue weighted by molar-refractivity contribution is 5.04. The van der Waals surface area contributed by atoms with Crippen molar-refractivity contribution in [3.63, 3.8) is 0 Å². The Kier molecular flexibility index (Phi) is 5.45. The summed E-state index contributed by atoms with van der Waals surface area (Å²) in [4.78, 5) is 0. The minimum Gasteiger partial charge on any atom is -0.369 e. The van der Waals surface area contributed by atoms with E-state index in [1.54, 1.807) is 0 Å². The van der Waals surface area contributed by atoms with Crippen LogP contribution in [0.5, 0.6) is 0 Å². The Morgan fingerprint density at radius 3 is 2.59 bits per heavy atom. The summed E-state index contributed by atoms with van der Waals surface area (Å²) in [6.45, 7) is 11.2. The molecule has 0 aliphatic carbocycles. The first-order chi connectivity index (χ1) is 8.01. The Bertz CT molecular complexity index is 275. The molecule has 1 aliphatic heterocycles. The van der Waals surface area contributed by atoms with Crippen molar-refractivity contribution < 1.29 is 4.74 Å². The fourth-order valence-corrected chi connectivity index (χ4v) is 2.61. The second-order valence-electron chi connectivity index (χ2n) is 5.96. The maximum Gasteiger partial charge on any atom is 0.0892 e. The average Bonchev–Trinajstić information content (AvgIpc) is 2.98. The van der Waals surface area contributed by atoms with E-state index in [0.717, 1.165) is 6.42 Å². The van der Waals surface area contributed by atoms with Gasteiger partial charge in [-0.25, -0.2) is 0 Å². The minimum absolute atomic E-state index is 0.353. The summed E-state index contributed by atoms with van der Waals surface area (Å²) in [5, 5.41) is 0. The number of hydrogen-bond acceptors (Lipinski definition) is 1. The van der Waals surface area contributed by atoms with Gasteiger partial charge in [-0.15, -0.1) is 0 Å². The van der Waals surface area contributed by atoms with E-state index in [-0.39, 0.29) is 0 Å². The molecule has 0 bridgehead atoms. The SMILES string of the molecule is C/C=C\C=C\C(C)CC1OC1C(C)(C)CCC. The van der Waals surface area contributed by atoms with Crippen molar-refractivity contribution in [2.45, 2.75) is 66.1 Å². The van der Waals surface area contributed by atoms with Crippen molar-refractivity contribution >= 4 is 0 Å². The van der Waals surface area contributed by atoms with Crippen LogP contribution in [0, 0.1) is 11.3 Å². The molecular weight excluding hydrogens is 208 g/mol. The number of epoxide rings is 1. The Labute approximate surface area is 107 Å². The molecule has 98 valence electrons. The lowest BCUT2D eigenvalue weighted by Gasteiger charge is -2.21. The van der Waals surface area contributed by atoms with Crippen molar-refractivity contribution in [3.05, 3.63) is 24.3 Å². The van der Waals surface area contributed by atoms with Gasteiger partial charge in [0.25, 0.3) is 0 Å². The summed E-state index contributed by atoms with van der Waals surface area (Å²) in [7, 11) is 0. The molecule has 0 spiro atoms. The highest BCUT2D eigenvalue weighted by Crippen LogP contribution is 2.44. The molecule has 0 N–H and O–H groups in total. The minimum atomic E-state index is 0.353. The van der Waals surface area contributed by atoms with Gasteiger partial charge in [0.05, 0.1) is 12.2 Å². The maximum atomic E-state index is 5.86. The maximum absolute atomic E-state index is 5.86. The summed E-state index contributed by atoms with van der Waals surface area (Å²) < 4.78 is 5.86. The number of ether oxygens (including phenoxy) is 1. The van der Waals surface area contributed by atoms with E-state index in [1.807, 2.05) is 6.92 Å². The van der Waals surface area contributed by atoms with Gasteiger partial charge in [-0.2, -0.15) is 0 Å². The lowest BCUT2D eigenvalue weighted by molar-refractivity contribution is 0.222. The van der Waals surface area contributed by atoms with Crippen molar-refractivity contribution in [1.82, 2.24) is 0 Å². The normalized spacial score (nSPS) is 26.9. The molecule has 0 amide bonds. The highest BCUT2D eigenvalue weighted by atomic mass is 16.6. The molecule has 1 aliphatic rings. The molecule has 0 saturated carbocycles. The van der Waals surface area contributed by atoms with Crippen LogP contribution in [-0.2, 0) is 4.74 Å². The van der Waals surface area contributed by atoms with Gasteiger partial charge in [-0.1, -0.05) is 58.4 Å². The molecule has 1 fully saturated rings. The first-order valence-corrected chi connectivity index (χ1v) is 6.96. The first kappa shape index (κ1) is 14.5. The van der Waals surface area contributed by atoms with E-state index in [0.29, 0.717) is 23.5 Å². The zero-order valence-corrected chi connectivity index (χ0v) is 12.1. The van der Waals surface area contributed by atoms with E-state index in [4.69, 9.17) is 4.74 Å². The van der Waals surface area contributed by atoms with Crippen LogP contribution in [0.3, 0.4) is 0 Å². The molecule has 0 aromatic heterocycles. The molecule has 3 unspecified atom stereocenters. The Morgan fingerprint density at radius 1 is 1.29 bits per heavy atom. The molecule has 0 aromatic rings. The topological polar surface area (TPSA) is 12.5 Å². The third-order valence-electron chi connectivity index (χ3n) is 3.59. The molecule has 17 heavy (non-hydrogen) atoms. The summed E-state index contributed by atoms with van der Waals surface area (Å²) >= 11 is 0. The van der Waals surface area contributed by atoms with Crippen LogP contribution in [0.4, 0.5) is 0 Å². The third-order valence-corrected chi connectivity index (χ3v) is 3.59. The van der Waals surface area contributed by atoms with Crippen LogP contribution >= 0.6 is 0 Å². The van der Waals surface area contributed by atoms with Gasteiger partial charge in [0.15, 0.2) is 0 Å². The second kappa shape index (κ2) is 6.39. The Hall–Kier alpha value is -0.560. The molecule has 1 rings (SSSR count). The molecule has 0 radical (unpaired) electrons. The lowest BCUT2D eigenvalue weighted by Crippen LogP contribution is -2.21. The molecule has 1 heteroatoms. The van der Waals surface area contributed by atoms with Gasteiger partial charge in [0.1, 0.15) is 0 Å². The predicted molar refractivity (Wildman–Crippen MR) is 75.1 cm³/mol. The van der Waals surface area contributed by atoms with Crippen molar-refractivity contribution in [3.8, 4) is 0 Å². The van der Waals surface area contributed by atoms with Crippen LogP contribution in [0.1, 0.15) is 53.9 Å². The van der Waals surface area contributed by atoms with Gasteiger partial charge >= 0.3 is 0 Å². The van der Waals surface area contributed by atoms with Gasteiger partial charge in [-0.05, 0) is 31.1 Å². The van der Waals surface area contributed by atoms with Crippen molar-refractivity contribution in [2.24, 2.45) is 11.3 Å². The van der Waals surface area contributed by atoms with Crippen LogP contribution in [0.2, 0.25) is 0 Å². The van der Waals surface area contributed by atoms with E-state index in [2.05, 4.69) is 52.0 Å². The molecule has 0 aromatic carbocycles. The molecular formula is C16H28O. The van der Waals surface area contributed by atoms with E-state index in [1.165, 1.54) is 12.8 Å². The van der Waals surface area contributed by atoms with Crippen LogP contribution in [0.25, 0.3) is 0 Å². The first-order valence-electron chi connectivity index (χ1n) is 6.96. The lowest BCUT2D eigenvalue weighted by atomic mass is 9.82. The van der Waals surface area contributed by atoms with E-state index in [9.17, 15) is 0 Å². The smallest absolute Gasteiger partial charge is 0.0892 e. The molecule has 1 heterocycles.